The zero-order chi connectivity index (χ0) is 19.1. The Hall–Kier alpha value is -2.36. The number of H-pyrrole nitrogens is 1. The zero-order valence-electron chi connectivity index (χ0n) is 15.1. The van der Waals surface area contributed by atoms with Crippen LogP contribution in [-0.2, 0) is 15.8 Å². The number of nitrogens with two attached hydrogens (primary N) is 1. The van der Waals surface area contributed by atoms with E-state index < -0.39 is 15.8 Å². The van der Waals surface area contributed by atoms with Crippen molar-refractivity contribution in [3.8, 4) is 0 Å². The standard InChI is InChI=1S/C18H24N6O2S/c1-27(25,26)24-10-6-15(7-11-24)22-17-5-9-21-18(19,23-17)14-2-3-16-13(12-14)4-8-20-16/h2-5,8-9,12,15,20,22-23H,6-7,10-11,19H2,1H3. The van der Waals surface area contributed by atoms with Gasteiger partial charge < -0.3 is 15.6 Å². The van der Waals surface area contributed by atoms with Gasteiger partial charge in [-0.1, -0.05) is 6.07 Å². The van der Waals surface area contributed by atoms with Crippen LogP contribution in [0.3, 0.4) is 0 Å². The van der Waals surface area contributed by atoms with E-state index in [1.807, 2.05) is 36.5 Å². The first-order valence-corrected chi connectivity index (χ1v) is 10.8. The Labute approximate surface area is 158 Å². The van der Waals surface area contributed by atoms with E-state index in [4.69, 9.17) is 5.73 Å². The van der Waals surface area contributed by atoms with Gasteiger partial charge in [-0.2, -0.15) is 0 Å². The summed E-state index contributed by atoms with van der Waals surface area (Å²) in [5, 5.41) is 7.79. The minimum absolute atomic E-state index is 0.185. The number of nitrogens with one attached hydrogen (secondary N) is 3. The summed E-state index contributed by atoms with van der Waals surface area (Å²) < 4.78 is 24.8. The number of nitrogens with zero attached hydrogens (tertiary/aromatic N) is 2. The molecule has 1 aromatic carbocycles. The van der Waals surface area contributed by atoms with Crippen molar-refractivity contribution in [2.75, 3.05) is 19.3 Å². The van der Waals surface area contributed by atoms with Gasteiger partial charge in [-0.3, -0.25) is 5.73 Å². The number of sulfonamides is 1. The van der Waals surface area contributed by atoms with Gasteiger partial charge in [0.05, 0.1) is 6.26 Å². The maximum atomic E-state index is 11.6. The molecule has 1 unspecified atom stereocenters. The van der Waals surface area contributed by atoms with Gasteiger partial charge in [0.2, 0.25) is 15.8 Å². The molecule has 0 radical (unpaired) electrons. The second-order valence-electron chi connectivity index (χ2n) is 7.11. The first kappa shape index (κ1) is 18.0. The highest BCUT2D eigenvalue weighted by Crippen LogP contribution is 2.24. The maximum Gasteiger partial charge on any atom is 0.211 e. The summed E-state index contributed by atoms with van der Waals surface area (Å²) in [6.07, 6.45) is 8.19. The fourth-order valence-electron chi connectivity index (χ4n) is 3.58. The van der Waals surface area contributed by atoms with Crippen molar-refractivity contribution < 1.29 is 8.42 Å². The Bertz CT molecular complexity index is 1000. The fourth-order valence-corrected chi connectivity index (χ4v) is 4.46. The molecule has 5 N–H and O–H groups in total. The number of allylic oxidation sites excluding steroid dienone is 1. The highest BCUT2D eigenvalue weighted by atomic mass is 32.2. The van der Waals surface area contributed by atoms with Crippen molar-refractivity contribution in [1.82, 2.24) is 19.9 Å². The van der Waals surface area contributed by atoms with Crippen molar-refractivity contribution in [3.05, 3.63) is 47.9 Å². The minimum atomic E-state index is -3.12. The number of benzene rings is 1. The first-order valence-electron chi connectivity index (χ1n) is 8.95. The normalized spacial score (nSPS) is 24.6. The van der Waals surface area contributed by atoms with E-state index >= 15 is 0 Å². The van der Waals surface area contributed by atoms with Gasteiger partial charge in [-0.15, -0.1) is 0 Å². The molecular formula is C18H24N6O2S. The van der Waals surface area contributed by atoms with Crippen LogP contribution in [0.5, 0.6) is 0 Å². The van der Waals surface area contributed by atoms with Gasteiger partial charge >= 0.3 is 0 Å². The van der Waals surface area contributed by atoms with E-state index in [1.54, 1.807) is 6.21 Å². The van der Waals surface area contributed by atoms with Gasteiger partial charge in [-0.25, -0.2) is 17.7 Å². The highest BCUT2D eigenvalue weighted by molar-refractivity contribution is 7.88. The van der Waals surface area contributed by atoms with Crippen LogP contribution in [0.15, 0.2) is 47.4 Å². The number of rotatable bonds is 4. The van der Waals surface area contributed by atoms with Crippen molar-refractivity contribution in [1.29, 1.82) is 0 Å². The molecule has 0 saturated carbocycles. The number of aromatic amines is 1. The monoisotopic (exact) mass is 388 g/mol. The molecule has 3 heterocycles. The Kier molecular flexibility index (Phi) is 4.45. The largest absolute Gasteiger partial charge is 0.369 e. The molecule has 2 aliphatic heterocycles. The van der Waals surface area contributed by atoms with Crippen molar-refractivity contribution >= 4 is 27.1 Å². The van der Waals surface area contributed by atoms with E-state index in [-0.39, 0.29) is 6.04 Å². The van der Waals surface area contributed by atoms with Crippen LogP contribution in [0.1, 0.15) is 18.4 Å². The molecule has 9 heteroatoms. The summed E-state index contributed by atoms with van der Waals surface area (Å²) in [5.41, 5.74) is 8.44. The average molecular weight is 388 g/mol. The smallest absolute Gasteiger partial charge is 0.211 e. The summed E-state index contributed by atoms with van der Waals surface area (Å²) >= 11 is 0. The van der Waals surface area contributed by atoms with Crippen LogP contribution in [0.4, 0.5) is 0 Å². The second-order valence-corrected chi connectivity index (χ2v) is 9.09. The van der Waals surface area contributed by atoms with E-state index in [1.165, 1.54) is 10.6 Å². The van der Waals surface area contributed by atoms with E-state index in [0.717, 1.165) is 35.1 Å². The lowest BCUT2D eigenvalue weighted by atomic mass is 10.0. The number of aliphatic imine (C=N–C) groups is 1. The van der Waals surface area contributed by atoms with Crippen molar-refractivity contribution in [2.45, 2.75) is 24.7 Å². The second kappa shape index (κ2) is 6.66. The molecule has 0 amide bonds. The molecule has 0 bridgehead atoms. The molecular weight excluding hydrogens is 364 g/mol. The van der Waals surface area contributed by atoms with Gasteiger partial charge in [0, 0.05) is 42.6 Å². The predicted molar refractivity (Wildman–Crippen MR) is 106 cm³/mol. The lowest BCUT2D eigenvalue weighted by Crippen LogP contribution is -2.54. The number of aromatic nitrogens is 1. The molecule has 8 nitrogen and oxygen atoms in total. The van der Waals surface area contributed by atoms with Crippen LogP contribution in [0.25, 0.3) is 10.9 Å². The minimum Gasteiger partial charge on any atom is -0.369 e. The molecule has 4 rings (SSSR count). The quantitative estimate of drug-likeness (QED) is 0.617. The Balaban J connectivity index is 1.44. The lowest BCUT2D eigenvalue weighted by Gasteiger charge is -2.36. The Morgan fingerprint density at radius 1 is 1.30 bits per heavy atom. The van der Waals surface area contributed by atoms with Crippen molar-refractivity contribution in [3.63, 3.8) is 0 Å². The molecule has 1 saturated heterocycles. The summed E-state index contributed by atoms with van der Waals surface area (Å²) in [7, 11) is -3.12. The van der Waals surface area contributed by atoms with Crippen molar-refractivity contribution in [2.24, 2.45) is 10.7 Å². The number of hydrogen-bond acceptors (Lipinski definition) is 6. The van der Waals surface area contributed by atoms with Gasteiger partial charge in [0.1, 0.15) is 5.82 Å². The van der Waals surface area contributed by atoms with Crippen LogP contribution in [-0.4, -0.2) is 49.3 Å². The van der Waals surface area contributed by atoms with Crippen LogP contribution >= 0.6 is 0 Å². The molecule has 2 aromatic rings. The molecule has 2 aliphatic rings. The first-order chi connectivity index (χ1) is 12.8. The van der Waals surface area contributed by atoms with Crippen LogP contribution in [0, 0.1) is 0 Å². The maximum absolute atomic E-state index is 11.6. The number of hydrogen-bond donors (Lipinski definition) is 4. The van der Waals surface area contributed by atoms with Gasteiger partial charge in [-0.05, 0) is 42.5 Å². The molecule has 144 valence electrons. The third-order valence-corrected chi connectivity index (χ3v) is 6.42. The topological polar surface area (TPSA) is 116 Å². The zero-order valence-corrected chi connectivity index (χ0v) is 16.0. The summed E-state index contributed by atoms with van der Waals surface area (Å²) in [4.78, 5) is 7.61. The Morgan fingerprint density at radius 2 is 2.07 bits per heavy atom. The average Bonchev–Trinajstić information content (AvgIpc) is 3.09. The van der Waals surface area contributed by atoms with Crippen LogP contribution < -0.4 is 16.4 Å². The highest BCUT2D eigenvalue weighted by Gasteiger charge is 2.31. The van der Waals surface area contributed by atoms with E-state index in [9.17, 15) is 8.42 Å². The van der Waals surface area contributed by atoms with E-state index in [2.05, 4.69) is 20.6 Å². The molecule has 27 heavy (non-hydrogen) atoms. The number of fused-ring (bicyclic) bond motifs is 1. The summed E-state index contributed by atoms with van der Waals surface area (Å²) in [6.45, 7) is 1.05. The van der Waals surface area contributed by atoms with Crippen LogP contribution in [0.2, 0.25) is 0 Å². The predicted octanol–water partition coefficient (Wildman–Crippen LogP) is 0.766. The molecule has 0 spiro atoms. The molecule has 1 atom stereocenters. The summed E-state index contributed by atoms with van der Waals surface area (Å²) in [5.74, 6) is -0.254. The summed E-state index contributed by atoms with van der Waals surface area (Å²) in [6, 6.07) is 8.15. The van der Waals surface area contributed by atoms with Gasteiger partial charge in [0.25, 0.3) is 0 Å². The molecule has 1 fully saturated rings. The van der Waals surface area contributed by atoms with Gasteiger partial charge in [0.15, 0.2) is 0 Å². The lowest BCUT2D eigenvalue weighted by molar-refractivity contribution is 0.288. The third kappa shape index (κ3) is 3.71. The fraction of sp³-hybridized carbons (Fsp3) is 0.389. The van der Waals surface area contributed by atoms with E-state index in [0.29, 0.717) is 13.1 Å². The number of piperidine rings is 1. The molecule has 1 aromatic heterocycles. The Morgan fingerprint density at radius 3 is 2.81 bits per heavy atom. The SMILES string of the molecule is CS(=O)(=O)N1CCC(NC2=CC=NC(N)(c3ccc4[nH]ccc4c3)N2)CC1. The third-order valence-electron chi connectivity index (χ3n) is 5.12. The molecule has 0 aliphatic carbocycles.